The van der Waals surface area contributed by atoms with Crippen LogP contribution in [0.2, 0.25) is 0 Å². The highest BCUT2D eigenvalue weighted by molar-refractivity contribution is 5.92. The maximum atomic E-state index is 15.0. The van der Waals surface area contributed by atoms with Gasteiger partial charge in [-0.3, -0.25) is 4.98 Å². The first kappa shape index (κ1) is 27.9. The van der Waals surface area contributed by atoms with Crippen LogP contribution in [0.15, 0.2) is 98.0 Å². The maximum absolute atomic E-state index is 15.0. The number of halogens is 3. The molecular formula is C33H28F3N7O. The second kappa shape index (κ2) is 11.7. The van der Waals surface area contributed by atoms with E-state index in [0.29, 0.717) is 31.7 Å². The SMILES string of the molecule is Fc1ccc(-c2nn3cc(CNC[C@H]4CO[C@@](Cn5cncn5)(c5ccc(F)cc5F)C4)ccc3c2-c2ccncc2)cc1. The third kappa shape index (κ3) is 5.47. The van der Waals surface area contributed by atoms with Crippen molar-refractivity contribution < 1.29 is 17.9 Å². The number of nitrogens with zero attached hydrogens (tertiary/aromatic N) is 6. The zero-order chi connectivity index (χ0) is 30.1. The van der Waals surface area contributed by atoms with Crippen LogP contribution < -0.4 is 5.32 Å². The summed E-state index contributed by atoms with van der Waals surface area (Å²) >= 11 is 0. The summed E-state index contributed by atoms with van der Waals surface area (Å²) in [5.74, 6) is -1.50. The van der Waals surface area contributed by atoms with Gasteiger partial charge in [0.15, 0.2) is 0 Å². The Balaban J connectivity index is 1.10. The number of rotatable bonds is 9. The van der Waals surface area contributed by atoms with Crippen LogP contribution >= 0.6 is 0 Å². The van der Waals surface area contributed by atoms with Crippen LogP contribution in [0.3, 0.4) is 0 Å². The monoisotopic (exact) mass is 595 g/mol. The normalized spacial score (nSPS) is 18.3. The van der Waals surface area contributed by atoms with Gasteiger partial charge < -0.3 is 10.1 Å². The third-order valence-corrected chi connectivity index (χ3v) is 8.06. The lowest BCUT2D eigenvalue weighted by atomic mass is 9.86. The fraction of sp³-hybridized carbons (Fsp3) is 0.212. The molecule has 0 bridgehead atoms. The summed E-state index contributed by atoms with van der Waals surface area (Å²) in [6, 6.07) is 17.9. The summed E-state index contributed by atoms with van der Waals surface area (Å²) in [5.41, 5.74) is 4.73. The topological polar surface area (TPSA) is 82.2 Å². The fourth-order valence-corrected chi connectivity index (χ4v) is 6.04. The molecule has 7 rings (SSSR count). The minimum absolute atomic E-state index is 0.0831. The van der Waals surface area contributed by atoms with Crippen molar-refractivity contribution >= 4 is 5.52 Å². The molecule has 0 amide bonds. The lowest BCUT2D eigenvalue weighted by Crippen LogP contribution is -2.33. The second-order valence-electron chi connectivity index (χ2n) is 11.1. The Bertz CT molecular complexity index is 1900. The van der Waals surface area contributed by atoms with Crippen LogP contribution in [-0.4, -0.2) is 42.5 Å². The third-order valence-electron chi connectivity index (χ3n) is 8.06. The van der Waals surface area contributed by atoms with Gasteiger partial charge in [0.05, 0.1) is 18.7 Å². The smallest absolute Gasteiger partial charge is 0.137 e. The lowest BCUT2D eigenvalue weighted by molar-refractivity contribution is -0.0204. The Hall–Kier alpha value is -4.87. The van der Waals surface area contributed by atoms with E-state index in [4.69, 9.17) is 9.84 Å². The molecule has 4 aromatic heterocycles. The highest BCUT2D eigenvalue weighted by Gasteiger charge is 2.44. The van der Waals surface area contributed by atoms with Crippen molar-refractivity contribution in [3.05, 3.63) is 127 Å². The van der Waals surface area contributed by atoms with Gasteiger partial charge in [-0.25, -0.2) is 27.4 Å². The van der Waals surface area contributed by atoms with Crippen molar-refractivity contribution in [2.24, 2.45) is 5.92 Å². The minimum Gasteiger partial charge on any atom is -0.368 e. The number of hydrogen-bond acceptors (Lipinski definition) is 6. The maximum Gasteiger partial charge on any atom is 0.137 e. The zero-order valence-corrected chi connectivity index (χ0v) is 23.6. The van der Waals surface area contributed by atoms with E-state index in [1.165, 1.54) is 30.6 Å². The molecule has 6 aromatic rings. The molecule has 2 atom stereocenters. The van der Waals surface area contributed by atoms with Crippen molar-refractivity contribution in [1.82, 2.24) is 34.7 Å². The predicted molar refractivity (Wildman–Crippen MR) is 158 cm³/mol. The number of ether oxygens (including phenoxy) is 1. The molecule has 1 saturated heterocycles. The van der Waals surface area contributed by atoms with Crippen molar-refractivity contribution in [3.63, 3.8) is 0 Å². The molecule has 1 aliphatic rings. The van der Waals surface area contributed by atoms with Crippen LogP contribution in [0.1, 0.15) is 17.5 Å². The predicted octanol–water partition coefficient (Wildman–Crippen LogP) is 5.79. The summed E-state index contributed by atoms with van der Waals surface area (Å²) in [4.78, 5) is 8.15. The van der Waals surface area contributed by atoms with E-state index in [1.807, 2.05) is 28.9 Å². The molecule has 8 nitrogen and oxygen atoms in total. The van der Waals surface area contributed by atoms with Crippen LogP contribution in [0, 0.1) is 23.4 Å². The number of pyridine rings is 2. The number of benzene rings is 2. The zero-order valence-electron chi connectivity index (χ0n) is 23.6. The van der Waals surface area contributed by atoms with E-state index in [-0.39, 0.29) is 18.3 Å². The van der Waals surface area contributed by atoms with Gasteiger partial charge in [0.1, 0.15) is 41.4 Å². The minimum atomic E-state index is -0.994. The molecule has 0 unspecified atom stereocenters. The van der Waals surface area contributed by atoms with Gasteiger partial charge in [0.25, 0.3) is 0 Å². The molecule has 1 fully saturated rings. The quantitative estimate of drug-likeness (QED) is 0.228. The summed E-state index contributed by atoms with van der Waals surface area (Å²) in [6.45, 7) is 1.87. The number of fused-ring (bicyclic) bond motifs is 1. The highest BCUT2D eigenvalue weighted by atomic mass is 19.1. The first-order valence-corrected chi connectivity index (χ1v) is 14.3. The van der Waals surface area contributed by atoms with Gasteiger partial charge in [0.2, 0.25) is 0 Å². The molecule has 11 heteroatoms. The Labute approximate surface area is 251 Å². The van der Waals surface area contributed by atoms with E-state index >= 15 is 0 Å². The second-order valence-corrected chi connectivity index (χ2v) is 11.1. The molecule has 5 heterocycles. The number of aromatic nitrogens is 6. The summed E-state index contributed by atoms with van der Waals surface area (Å²) in [6.07, 6.45) is 8.96. The van der Waals surface area contributed by atoms with Crippen LogP contribution in [0.25, 0.3) is 27.9 Å². The standard InChI is InChI=1S/C33H28F3N7O/c34-26-4-2-25(3-5-26)32-31(24-9-11-37-12-10-24)30-8-1-22(17-43(30)41-32)15-38-16-23-14-33(44-18-23,19-42-21-39-20-40-42)28-7-6-27(35)13-29(28)36/h1-13,17,20-21,23,38H,14-16,18-19H2/t23-,33-/m0/s1. The molecule has 1 N–H and O–H groups in total. The van der Waals surface area contributed by atoms with E-state index in [2.05, 4.69) is 26.4 Å². The van der Waals surface area contributed by atoms with Gasteiger partial charge in [-0.05, 0) is 72.0 Å². The number of hydrogen-bond donors (Lipinski definition) is 1. The van der Waals surface area contributed by atoms with E-state index in [0.717, 1.165) is 39.5 Å². The van der Waals surface area contributed by atoms with E-state index in [9.17, 15) is 13.2 Å². The first-order chi connectivity index (χ1) is 21.5. The Morgan fingerprint density at radius 1 is 0.909 bits per heavy atom. The van der Waals surface area contributed by atoms with Gasteiger partial charge in [-0.2, -0.15) is 10.2 Å². The van der Waals surface area contributed by atoms with Crippen LogP contribution in [0.4, 0.5) is 13.2 Å². The highest BCUT2D eigenvalue weighted by Crippen LogP contribution is 2.42. The van der Waals surface area contributed by atoms with Crippen molar-refractivity contribution in [3.8, 4) is 22.4 Å². The number of nitrogens with one attached hydrogen (secondary N) is 1. The first-order valence-electron chi connectivity index (χ1n) is 14.3. The average Bonchev–Trinajstić information content (AvgIpc) is 3.78. The Kier molecular flexibility index (Phi) is 7.41. The molecule has 0 aliphatic carbocycles. The van der Waals surface area contributed by atoms with E-state index < -0.39 is 17.2 Å². The van der Waals surface area contributed by atoms with Crippen LogP contribution in [-0.2, 0) is 23.4 Å². The summed E-state index contributed by atoms with van der Waals surface area (Å²) < 4.78 is 52.1. The molecule has 222 valence electrons. The largest absolute Gasteiger partial charge is 0.368 e. The van der Waals surface area contributed by atoms with Crippen molar-refractivity contribution in [2.75, 3.05) is 13.2 Å². The van der Waals surface area contributed by atoms with Gasteiger partial charge in [-0.1, -0.05) is 12.1 Å². The summed E-state index contributed by atoms with van der Waals surface area (Å²) in [5, 5.41) is 12.6. The molecule has 0 saturated carbocycles. The molecule has 2 aromatic carbocycles. The fourth-order valence-electron chi connectivity index (χ4n) is 6.04. The molecule has 44 heavy (non-hydrogen) atoms. The van der Waals surface area contributed by atoms with Gasteiger partial charge in [-0.15, -0.1) is 0 Å². The van der Waals surface area contributed by atoms with Crippen molar-refractivity contribution in [2.45, 2.75) is 25.1 Å². The van der Waals surface area contributed by atoms with Crippen molar-refractivity contribution in [1.29, 1.82) is 0 Å². The Morgan fingerprint density at radius 2 is 1.73 bits per heavy atom. The molecular weight excluding hydrogens is 567 g/mol. The molecule has 0 spiro atoms. The lowest BCUT2D eigenvalue weighted by Gasteiger charge is -2.29. The van der Waals surface area contributed by atoms with E-state index in [1.54, 1.807) is 35.5 Å². The van der Waals surface area contributed by atoms with Crippen LogP contribution in [0.5, 0.6) is 0 Å². The Morgan fingerprint density at radius 3 is 2.50 bits per heavy atom. The summed E-state index contributed by atoms with van der Waals surface area (Å²) in [7, 11) is 0. The molecule has 0 radical (unpaired) electrons. The average molecular weight is 596 g/mol. The van der Waals surface area contributed by atoms with Gasteiger partial charge >= 0.3 is 0 Å². The molecule has 1 aliphatic heterocycles. The van der Waals surface area contributed by atoms with Gasteiger partial charge in [0, 0.05) is 54.4 Å².